The Morgan fingerprint density at radius 1 is 1.25 bits per heavy atom. The van der Waals surface area contributed by atoms with Crippen LogP contribution in [0.15, 0.2) is 30.3 Å². The third-order valence-electron chi connectivity index (χ3n) is 4.50. The van der Waals surface area contributed by atoms with Gasteiger partial charge < -0.3 is 15.4 Å². The van der Waals surface area contributed by atoms with Crippen molar-refractivity contribution >= 4 is 18.3 Å². The Hall–Kier alpha value is -1.10. The van der Waals surface area contributed by atoms with E-state index in [-0.39, 0.29) is 29.8 Å². The molecule has 5 heteroatoms. The molecule has 0 bridgehead atoms. The van der Waals surface area contributed by atoms with Crippen LogP contribution >= 0.6 is 12.4 Å². The van der Waals surface area contributed by atoms with Crippen LogP contribution < -0.4 is 5.73 Å². The molecule has 1 saturated heterocycles. The van der Waals surface area contributed by atoms with Crippen LogP contribution in [0.2, 0.25) is 0 Å². The summed E-state index contributed by atoms with van der Waals surface area (Å²) in [5.74, 6) is 0.252. The van der Waals surface area contributed by atoms with Crippen LogP contribution in [-0.2, 0) is 16.0 Å². The van der Waals surface area contributed by atoms with E-state index >= 15 is 0 Å². The zero-order valence-electron chi connectivity index (χ0n) is 14.9. The SMILES string of the molecule is CC(C)(Cc1ccccc1)C(=O)N1CCC(OCCCN)CC1.Cl. The van der Waals surface area contributed by atoms with E-state index in [1.54, 1.807) is 0 Å². The number of likely N-dealkylation sites (tertiary alicyclic amines) is 1. The Morgan fingerprint density at radius 3 is 2.46 bits per heavy atom. The van der Waals surface area contributed by atoms with Crippen LogP contribution in [0.5, 0.6) is 0 Å². The Balaban J connectivity index is 0.00000288. The summed E-state index contributed by atoms with van der Waals surface area (Å²) in [6, 6.07) is 10.2. The molecule has 1 aromatic rings. The molecule has 1 aromatic carbocycles. The van der Waals surface area contributed by atoms with Gasteiger partial charge >= 0.3 is 0 Å². The third-order valence-corrected chi connectivity index (χ3v) is 4.50. The Labute approximate surface area is 152 Å². The van der Waals surface area contributed by atoms with Crippen molar-refractivity contribution in [2.75, 3.05) is 26.2 Å². The first kappa shape index (κ1) is 20.9. The highest BCUT2D eigenvalue weighted by Gasteiger charge is 2.34. The minimum absolute atomic E-state index is 0. The molecule has 1 aliphatic heterocycles. The lowest BCUT2D eigenvalue weighted by Crippen LogP contribution is -2.47. The topological polar surface area (TPSA) is 55.6 Å². The lowest BCUT2D eigenvalue weighted by atomic mass is 9.83. The summed E-state index contributed by atoms with van der Waals surface area (Å²) in [7, 11) is 0. The van der Waals surface area contributed by atoms with Crippen LogP contribution in [0.25, 0.3) is 0 Å². The molecule has 0 aromatic heterocycles. The molecular formula is C19H31ClN2O2. The first-order valence-corrected chi connectivity index (χ1v) is 8.68. The van der Waals surface area contributed by atoms with E-state index in [1.165, 1.54) is 5.56 Å². The number of nitrogens with zero attached hydrogens (tertiary/aromatic N) is 1. The lowest BCUT2D eigenvalue weighted by molar-refractivity contribution is -0.143. The molecule has 136 valence electrons. The number of benzene rings is 1. The molecule has 1 fully saturated rings. The van der Waals surface area contributed by atoms with Crippen LogP contribution in [0, 0.1) is 5.41 Å². The fourth-order valence-corrected chi connectivity index (χ4v) is 3.17. The second kappa shape index (κ2) is 10.0. The molecule has 0 saturated carbocycles. The minimum atomic E-state index is -0.366. The van der Waals surface area contributed by atoms with Gasteiger partial charge in [-0.05, 0) is 37.8 Å². The number of hydrogen-bond donors (Lipinski definition) is 1. The number of carbonyl (C=O) groups excluding carboxylic acids is 1. The van der Waals surface area contributed by atoms with Gasteiger partial charge in [-0.3, -0.25) is 4.79 Å². The standard InChI is InChI=1S/C19H30N2O2.ClH/c1-19(2,15-16-7-4-3-5-8-16)18(22)21-12-9-17(10-13-21)23-14-6-11-20;/h3-5,7-8,17H,6,9-15,20H2,1-2H3;1H. The number of nitrogens with two attached hydrogens (primary N) is 1. The zero-order valence-corrected chi connectivity index (χ0v) is 15.7. The first-order valence-electron chi connectivity index (χ1n) is 8.68. The summed E-state index contributed by atoms with van der Waals surface area (Å²) in [5.41, 5.74) is 6.33. The molecule has 0 unspecified atom stereocenters. The van der Waals surface area contributed by atoms with E-state index in [2.05, 4.69) is 12.1 Å². The smallest absolute Gasteiger partial charge is 0.228 e. The van der Waals surface area contributed by atoms with E-state index < -0.39 is 0 Å². The summed E-state index contributed by atoms with van der Waals surface area (Å²) in [6.07, 6.45) is 3.82. The lowest BCUT2D eigenvalue weighted by Gasteiger charge is -2.37. The number of amides is 1. The van der Waals surface area contributed by atoms with Crippen molar-refractivity contribution in [2.45, 2.75) is 45.6 Å². The van der Waals surface area contributed by atoms with Crippen molar-refractivity contribution in [2.24, 2.45) is 11.1 Å². The quantitative estimate of drug-likeness (QED) is 0.766. The average Bonchev–Trinajstić information content (AvgIpc) is 2.55. The number of ether oxygens (including phenoxy) is 1. The molecule has 2 N–H and O–H groups in total. The van der Waals surface area contributed by atoms with Crippen molar-refractivity contribution in [3.63, 3.8) is 0 Å². The average molecular weight is 355 g/mol. The second-order valence-corrected chi connectivity index (χ2v) is 7.05. The van der Waals surface area contributed by atoms with Gasteiger partial charge in [-0.1, -0.05) is 44.2 Å². The van der Waals surface area contributed by atoms with E-state index in [1.807, 2.05) is 36.9 Å². The van der Waals surface area contributed by atoms with Gasteiger partial charge in [0.05, 0.1) is 6.10 Å². The fraction of sp³-hybridized carbons (Fsp3) is 0.632. The molecule has 0 spiro atoms. The maximum absolute atomic E-state index is 12.9. The molecule has 0 radical (unpaired) electrons. The summed E-state index contributed by atoms with van der Waals surface area (Å²) < 4.78 is 5.81. The van der Waals surface area contributed by atoms with Crippen LogP contribution in [0.4, 0.5) is 0 Å². The summed E-state index contributed by atoms with van der Waals surface area (Å²) in [4.78, 5) is 14.9. The maximum atomic E-state index is 12.9. The minimum Gasteiger partial charge on any atom is -0.378 e. The van der Waals surface area contributed by atoms with Gasteiger partial charge in [-0.25, -0.2) is 0 Å². The first-order chi connectivity index (χ1) is 11.0. The molecule has 0 atom stereocenters. The molecule has 4 nitrogen and oxygen atoms in total. The maximum Gasteiger partial charge on any atom is 0.228 e. The number of rotatable bonds is 7. The summed E-state index contributed by atoms with van der Waals surface area (Å²) >= 11 is 0. The Kier molecular flexibility index (Phi) is 8.74. The van der Waals surface area contributed by atoms with E-state index in [0.29, 0.717) is 6.54 Å². The highest BCUT2D eigenvalue weighted by atomic mass is 35.5. The van der Waals surface area contributed by atoms with Gasteiger partial charge in [0.1, 0.15) is 0 Å². The van der Waals surface area contributed by atoms with Crippen LogP contribution in [0.1, 0.15) is 38.7 Å². The van der Waals surface area contributed by atoms with Gasteiger partial charge in [0.15, 0.2) is 0 Å². The molecule has 1 amide bonds. The Morgan fingerprint density at radius 2 is 1.88 bits per heavy atom. The zero-order chi connectivity index (χ0) is 16.7. The van der Waals surface area contributed by atoms with Gasteiger partial charge in [-0.2, -0.15) is 0 Å². The molecule has 2 rings (SSSR count). The van der Waals surface area contributed by atoms with E-state index in [4.69, 9.17) is 10.5 Å². The van der Waals surface area contributed by atoms with Gasteiger partial charge in [0, 0.05) is 25.1 Å². The van der Waals surface area contributed by atoms with E-state index in [9.17, 15) is 4.79 Å². The number of carbonyl (C=O) groups is 1. The van der Waals surface area contributed by atoms with Crippen molar-refractivity contribution in [3.05, 3.63) is 35.9 Å². The number of piperidine rings is 1. The largest absolute Gasteiger partial charge is 0.378 e. The van der Waals surface area contributed by atoms with Crippen molar-refractivity contribution in [3.8, 4) is 0 Å². The van der Waals surface area contributed by atoms with Crippen LogP contribution in [-0.4, -0.2) is 43.2 Å². The molecule has 1 aliphatic rings. The monoisotopic (exact) mass is 354 g/mol. The Bertz CT molecular complexity index is 485. The number of hydrogen-bond acceptors (Lipinski definition) is 3. The molecular weight excluding hydrogens is 324 g/mol. The second-order valence-electron chi connectivity index (χ2n) is 7.05. The molecule has 24 heavy (non-hydrogen) atoms. The fourth-order valence-electron chi connectivity index (χ4n) is 3.17. The summed E-state index contributed by atoms with van der Waals surface area (Å²) in [6.45, 7) is 7.09. The van der Waals surface area contributed by atoms with Gasteiger partial charge in [0.25, 0.3) is 0 Å². The predicted octanol–water partition coefficient (Wildman–Crippen LogP) is 3.03. The van der Waals surface area contributed by atoms with E-state index in [0.717, 1.165) is 45.4 Å². The predicted molar refractivity (Wildman–Crippen MR) is 100 cm³/mol. The highest BCUT2D eigenvalue weighted by Crippen LogP contribution is 2.27. The number of halogens is 1. The molecule has 1 heterocycles. The summed E-state index contributed by atoms with van der Waals surface area (Å²) in [5, 5.41) is 0. The van der Waals surface area contributed by atoms with Crippen molar-refractivity contribution < 1.29 is 9.53 Å². The highest BCUT2D eigenvalue weighted by molar-refractivity contribution is 5.85. The van der Waals surface area contributed by atoms with Gasteiger partial charge in [0.2, 0.25) is 5.91 Å². The van der Waals surface area contributed by atoms with Crippen molar-refractivity contribution in [1.29, 1.82) is 0 Å². The van der Waals surface area contributed by atoms with Gasteiger partial charge in [-0.15, -0.1) is 12.4 Å². The molecule has 0 aliphatic carbocycles. The van der Waals surface area contributed by atoms with Crippen LogP contribution in [0.3, 0.4) is 0 Å². The van der Waals surface area contributed by atoms with Crippen molar-refractivity contribution in [1.82, 2.24) is 4.90 Å². The third kappa shape index (κ3) is 6.08. The normalized spacial score (nSPS) is 15.9.